The molecule has 5 heteroatoms. The van der Waals surface area contributed by atoms with Crippen molar-refractivity contribution in [3.05, 3.63) is 0 Å². The van der Waals surface area contributed by atoms with E-state index in [1.807, 2.05) is 20.8 Å². The first-order chi connectivity index (χ1) is 8.65. The van der Waals surface area contributed by atoms with Crippen LogP contribution in [0, 0.1) is 0 Å². The summed E-state index contributed by atoms with van der Waals surface area (Å²) >= 11 is 1.68. The number of ether oxygens (including phenoxy) is 1. The minimum atomic E-state index is -0.384. The highest BCUT2D eigenvalue weighted by atomic mass is 32.2. The molecule has 2 unspecified atom stereocenters. The molecule has 0 saturated carbocycles. The molecule has 0 aliphatic carbocycles. The summed E-state index contributed by atoms with van der Waals surface area (Å²) in [6.07, 6.45) is 3.01. The molecule has 104 valence electrons. The number of amides is 1. The van der Waals surface area contributed by atoms with E-state index in [0.29, 0.717) is 18.8 Å². The zero-order valence-corrected chi connectivity index (χ0v) is 12.3. The molecular weight excluding hydrogens is 250 g/mol. The van der Waals surface area contributed by atoms with Crippen LogP contribution in [0.1, 0.15) is 46.5 Å². The van der Waals surface area contributed by atoms with E-state index in [1.54, 1.807) is 16.7 Å². The van der Waals surface area contributed by atoms with Crippen LogP contribution in [0.25, 0.3) is 0 Å². The Balaban J connectivity index is 2.70. The topological polar surface area (TPSA) is 46.6 Å². The molecule has 1 saturated heterocycles. The molecule has 0 aromatic rings. The smallest absolute Gasteiger partial charge is 0.329 e. The zero-order chi connectivity index (χ0) is 13.5. The standard InChI is InChI=1S/C13H23NO3S/c1-4-7-11(15)14-10(9-18-12(14)6-3)13(16)17-8-5-2/h10,12H,4-9H2,1-3H3. The van der Waals surface area contributed by atoms with Crippen molar-refractivity contribution in [3.8, 4) is 0 Å². The summed E-state index contributed by atoms with van der Waals surface area (Å²) in [6, 6.07) is -0.384. The van der Waals surface area contributed by atoms with Crippen LogP contribution in [-0.4, -0.2) is 40.6 Å². The van der Waals surface area contributed by atoms with Gasteiger partial charge in [-0.15, -0.1) is 11.8 Å². The fourth-order valence-corrected chi connectivity index (χ4v) is 3.40. The number of hydrogen-bond donors (Lipinski definition) is 0. The van der Waals surface area contributed by atoms with Gasteiger partial charge in [-0.1, -0.05) is 20.8 Å². The van der Waals surface area contributed by atoms with Gasteiger partial charge < -0.3 is 9.64 Å². The fourth-order valence-electron chi connectivity index (χ4n) is 2.04. The van der Waals surface area contributed by atoms with Gasteiger partial charge in [0.05, 0.1) is 12.0 Å². The third-order valence-electron chi connectivity index (χ3n) is 2.91. The van der Waals surface area contributed by atoms with Gasteiger partial charge in [0.15, 0.2) is 0 Å². The molecule has 0 radical (unpaired) electrons. The number of nitrogens with zero attached hydrogens (tertiary/aromatic N) is 1. The highest BCUT2D eigenvalue weighted by molar-refractivity contribution is 8.00. The maximum Gasteiger partial charge on any atom is 0.329 e. The van der Waals surface area contributed by atoms with Gasteiger partial charge in [-0.3, -0.25) is 4.79 Å². The van der Waals surface area contributed by atoms with Gasteiger partial charge in [0.2, 0.25) is 5.91 Å². The van der Waals surface area contributed by atoms with Crippen molar-refractivity contribution in [3.63, 3.8) is 0 Å². The molecule has 4 nitrogen and oxygen atoms in total. The van der Waals surface area contributed by atoms with Gasteiger partial charge in [-0.05, 0) is 19.3 Å². The lowest BCUT2D eigenvalue weighted by Crippen LogP contribution is -2.46. The fraction of sp³-hybridized carbons (Fsp3) is 0.846. The van der Waals surface area contributed by atoms with E-state index in [0.717, 1.165) is 19.3 Å². The Labute approximate surface area is 113 Å². The SMILES string of the molecule is CCCOC(=O)C1CSC(CC)N1C(=O)CCC. The molecular formula is C13H23NO3S. The third-order valence-corrected chi connectivity index (χ3v) is 4.37. The Bertz CT molecular complexity index is 296. The first-order valence-electron chi connectivity index (χ1n) is 6.75. The lowest BCUT2D eigenvalue weighted by atomic mass is 10.2. The van der Waals surface area contributed by atoms with Gasteiger partial charge in [0.25, 0.3) is 0 Å². The molecule has 0 aromatic heterocycles. The largest absolute Gasteiger partial charge is 0.464 e. The lowest BCUT2D eigenvalue weighted by molar-refractivity contribution is -0.154. The normalized spacial score (nSPS) is 23.2. The maximum absolute atomic E-state index is 12.1. The number of thioether (sulfide) groups is 1. The first kappa shape index (κ1) is 15.3. The summed E-state index contributed by atoms with van der Waals surface area (Å²) in [5.74, 6) is 0.494. The third kappa shape index (κ3) is 3.64. The monoisotopic (exact) mass is 273 g/mol. The van der Waals surface area contributed by atoms with Gasteiger partial charge in [-0.25, -0.2) is 4.79 Å². The van der Waals surface area contributed by atoms with Crippen LogP contribution in [-0.2, 0) is 14.3 Å². The van der Waals surface area contributed by atoms with Crippen molar-refractivity contribution in [1.29, 1.82) is 0 Å². The van der Waals surface area contributed by atoms with Crippen LogP contribution in [0.2, 0.25) is 0 Å². The van der Waals surface area contributed by atoms with Crippen molar-refractivity contribution >= 4 is 23.6 Å². The average Bonchev–Trinajstić information content (AvgIpc) is 2.80. The van der Waals surface area contributed by atoms with Crippen LogP contribution in [0.4, 0.5) is 0 Å². The van der Waals surface area contributed by atoms with E-state index in [9.17, 15) is 9.59 Å². The summed E-state index contributed by atoms with van der Waals surface area (Å²) in [5, 5.41) is 0.128. The number of hydrogen-bond acceptors (Lipinski definition) is 4. The average molecular weight is 273 g/mol. The highest BCUT2D eigenvalue weighted by Gasteiger charge is 2.40. The summed E-state index contributed by atoms with van der Waals surface area (Å²) in [5.41, 5.74) is 0. The second-order valence-corrected chi connectivity index (χ2v) is 5.64. The molecule has 1 aliphatic heterocycles. The molecule has 0 N–H and O–H groups in total. The molecule has 1 amide bonds. The predicted octanol–water partition coefficient (Wildman–Crippen LogP) is 2.42. The second-order valence-electron chi connectivity index (χ2n) is 4.43. The predicted molar refractivity (Wildman–Crippen MR) is 73.3 cm³/mol. The number of carbonyl (C=O) groups excluding carboxylic acids is 2. The molecule has 1 fully saturated rings. The molecule has 0 spiro atoms. The Hall–Kier alpha value is -0.710. The minimum absolute atomic E-state index is 0.0767. The van der Waals surface area contributed by atoms with Crippen molar-refractivity contribution < 1.29 is 14.3 Å². The van der Waals surface area contributed by atoms with Crippen LogP contribution >= 0.6 is 11.8 Å². The molecule has 1 heterocycles. The quantitative estimate of drug-likeness (QED) is 0.697. The second kappa shape index (κ2) is 7.67. The summed E-state index contributed by atoms with van der Waals surface area (Å²) in [4.78, 5) is 25.8. The number of esters is 1. The van der Waals surface area contributed by atoms with Gasteiger partial charge in [-0.2, -0.15) is 0 Å². The molecule has 1 aliphatic rings. The van der Waals surface area contributed by atoms with Crippen LogP contribution in [0.3, 0.4) is 0 Å². The maximum atomic E-state index is 12.1. The van der Waals surface area contributed by atoms with Gasteiger partial charge >= 0.3 is 5.97 Å². The van der Waals surface area contributed by atoms with E-state index in [2.05, 4.69) is 0 Å². The zero-order valence-electron chi connectivity index (χ0n) is 11.5. The van der Waals surface area contributed by atoms with E-state index in [4.69, 9.17) is 4.74 Å². The van der Waals surface area contributed by atoms with Crippen molar-refractivity contribution in [2.24, 2.45) is 0 Å². The molecule has 0 bridgehead atoms. The molecule has 1 rings (SSSR count). The Kier molecular flexibility index (Phi) is 6.54. The Morgan fingerprint density at radius 3 is 2.56 bits per heavy atom. The Morgan fingerprint density at radius 2 is 2.00 bits per heavy atom. The van der Waals surface area contributed by atoms with Crippen LogP contribution < -0.4 is 0 Å². The van der Waals surface area contributed by atoms with Crippen molar-refractivity contribution in [2.45, 2.75) is 57.9 Å². The molecule has 2 atom stereocenters. The summed E-state index contributed by atoms with van der Waals surface area (Å²) in [7, 11) is 0. The number of carbonyl (C=O) groups is 2. The van der Waals surface area contributed by atoms with Crippen molar-refractivity contribution in [1.82, 2.24) is 4.90 Å². The van der Waals surface area contributed by atoms with Crippen LogP contribution in [0.15, 0.2) is 0 Å². The molecule has 18 heavy (non-hydrogen) atoms. The minimum Gasteiger partial charge on any atom is -0.464 e. The summed E-state index contributed by atoms with van der Waals surface area (Å²) in [6.45, 7) is 6.42. The van der Waals surface area contributed by atoms with E-state index >= 15 is 0 Å². The molecule has 0 aromatic carbocycles. The first-order valence-corrected chi connectivity index (χ1v) is 7.79. The van der Waals surface area contributed by atoms with Gasteiger partial charge in [0, 0.05) is 12.2 Å². The van der Waals surface area contributed by atoms with Gasteiger partial charge in [0.1, 0.15) is 6.04 Å². The lowest BCUT2D eigenvalue weighted by Gasteiger charge is -2.27. The van der Waals surface area contributed by atoms with Crippen LogP contribution in [0.5, 0.6) is 0 Å². The number of rotatable bonds is 6. The van der Waals surface area contributed by atoms with E-state index in [-0.39, 0.29) is 23.3 Å². The summed E-state index contributed by atoms with van der Waals surface area (Å²) < 4.78 is 5.18. The highest BCUT2D eigenvalue weighted by Crippen LogP contribution is 2.32. The Morgan fingerprint density at radius 1 is 1.28 bits per heavy atom. The van der Waals surface area contributed by atoms with E-state index in [1.165, 1.54) is 0 Å². The van der Waals surface area contributed by atoms with E-state index < -0.39 is 0 Å². The van der Waals surface area contributed by atoms with Crippen molar-refractivity contribution in [2.75, 3.05) is 12.4 Å².